The second-order valence-electron chi connectivity index (χ2n) is 1.91. The fourth-order valence-corrected chi connectivity index (χ4v) is 0.617. The van der Waals surface area contributed by atoms with E-state index in [0.717, 1.165) is 0 Å². The SMILES string of the molecule is C=C1C=C(F)C=CC1O. The minimum absolute atomic E-state index is 0.356. The monoisotopic (exact) mass is 126 g/mol. The molecule has 0 amide bonds. The van der Waals surface area contributed by atoms with E-state index in [1.54, 1.807) is 0 Å². The zero-order valence-corrected chi connectivity index (χ0v) is 4.84. The molecule has 0 bridgehead atoms. The summed E-state index contributed by atoms with van der Waals surface area (Å²) in [4.78, 5) is 0. The number of aliphatic hydroxyl groups excluding tert-OH is 1. The summed E-state index contributed by atoms with van der Waals surface area (Å²) < 4.78 is 12.2. The van der Waals surface area contributed by atoms with Crippen LogP contribution in [0.25, 0.3) is 0 Å². The molecule has 0 aromatic carbocycles. The van der Waals surface area contributed by atoms with E-state index in [-0.39, 0.29) is 5.83 Å². The van der Waals surface area contributed by atoms with E-state index in [0.29, 0.717) is 5.57 Å². The van der Waals surface area contributed by atoms with Crippen LogP contribution in [0.15, 0.2) is 36.2 Å². The molecule has 1 rings (SSSR count). The van der Waals surface area contributed by atoms with Crippen molar-refractivity contribution in [1.29, 1.82) is 0 Å². The molecule has 1 atom stereocenters. The van der Waals surface area contributed by atoms with Crippen molar-refractivity contribution in [2.75, 3.05) is 0 Å². The Morgan fingerprint density at radius 3 is 2.78 bits per heavy atom. The number of aliphatic hydroxyl groups is 1. The first-order chi connectivity index (χ1) is 4.20. The highest BCUT2D eigenvalue weighted by Crippen LogP contribution is 2.14. The van der Waals surface area contributed by atoms with Crippen molar-refractivity contribution in [2.45, 2.75) is 6.10 Å². The smallest absolute Gasteiger partial charge is 0.123 e. The summed E-state index contributed by atoms with van der Waals surface area (Å²) in [5.74, 6) is -0.356. The van der Waals surface area contributed by atoms with Gasteiger partial charge in [-0.25, -0.2) is 4.39 Å². The van der Waals surface area contributed by atoms with Crippen LogP contribution in [0.2, 0.25) is 0 Å². The Hall–Kier alpha value is -0.890. The second kappa shape index (κ2) is 2.15. The Bertz CT molecular complexity index is 191. The number of allylic oxidation sites excluding steroid dienone is 2. The summed E-state index contributed by atoms with van der Waals surface area (Å²) in [5, 5.41) is 8.90. The summed E-state index contributed by atoms with van der Waals surface area (Å²) in [6.45, 7) is 3.43. The molecule has 0 aromatic heterocycles. The molecule has 0 heterocycles. The molecule has 1 N–H and O–H groups in total. The lowest BCUT2D eigenvalue weighted by Crippen LogP contribution is -2.06. The zero-order chi connectivity index (χ0) is 6.85. The molecule has 1 aliphatic rings. The molecule has 1 unspecified atom stereocenters. The number of hydrogen-bond acceptors (Lipinski definition) is 1. The van der Waals surface area contributed by atoms with E-state index in [4.69, 9.17) is 5.11 Å². The maximum atomic E-state index is 12.2. The predicted octanol–water partition coefficient (Wildman–Crippen LogP) is 1.33. The van der Waals surface area contributed by atoms with E-state index in [2.05, 4.69) is 6.58 Å². The van der Waals surface area contributed by atoms with Crippen molar-refractivity contribution < 1.29 is 9.50 Å². The van der Waals surface area contributed by atoms with Gasteiger partial charge in [0, 0.05) is 0 Å². The molecule has 0 fully saturated rings. The molecule has 1 nitrogen and oxygen atoms in total. The predicted molar refractivity (Wildman–Crippen MR) is 33.5 cm³/mol. The summed E-state index contributed by atoms with van der Waals surface area (Å²) in [6.07, 6.45) is 3.09. The third-order valence-electron chi connectivity index (χ3n) is 1.14. The van der Waals surface area contributed by atoms with Crippen LogP contribution in [-0.2, 0) is 0 Å². The van der Waals surface area contributed by atoms with Crippen LogP contribution in [-0.4, -0.2) is 11.2 Å². The van der Waals surface area contributed by atoms with Crippen LogP contribution in [0.5, 0.6) is 0 Å². The molecule has 1 aliphatic carbocycles. The fourth-order valence-electron chi connectivity index (χ4n) is 0.617. The van der Waals surface area contributed by atoms with Gasteiger partial charge in [-0.2, -0.15) is 0 Å². The Morgan fingerprint density at radius 2 is 2.33 bits per heavy atom. The molecule has 0 radical (unpaired) electrons. The van der Waals surface area contributed by atoms with Crippen molar-refractivity contribution in [3.8, 4) is 0 Å². The Morgan fingerprint density at radius 1 is 1.67 bits per heavy atom. The van der Waals surface area contributed by atoms with Crippen molar-refractivity contribution >= 4 is 0 Å². The molecule has 2 heteroatoms. The quantitative estimate of drug-likeness (QED) is 0.519. The van der Waals surface area contributed by atoms with Crippen LogP contribution in [0.3, 0.4) is 0 Å². The van der Waals surface area contributed by atoms with Gasteiger partial charge >= 0.3 is 0 Å². The van der Waals surface area contributed by atoms with Gasteiger partial charge < -0.3 is 5.11 Å². The van der Waals surface area contributed by atoms with E-state index < -0.39 is 6.10 Å². The summed E-state index contributed by atoms with van der Waals surface area (Å²) in [7, 11) is 0. The van der Waals surface area contributed by atoms with Gasteiger partial charge in [0.15, 0.2) is 0 Å². The molecule has 0 aliphatic heterocycles. The van der Waals surface area contributed by atoms with Crippen molar-refractivity contribution in [1.82, 2.24) is 0 Å². The first kappa shape index (κ1) is 6.23. The lowest BCUT2D eigenvalue weighted by atomic mass is 10.1. The summed E-state index contributed by atoms with van der Waals surface area (Å²) in [6, 6.07) is 0. The van der Waals surface area contributed by atoms with Crippen LogP contribution >= 0.6 is 0 Å². The van der Waals surface area contributed by atoms with Crippen LogP contribution in [0, 0.1) is 0 Å². The van der Waals surface area contributed by atoms with Gasteiger partial charge in [-0.1, -0.05) is 6.58 Å². The third-order valence-corrected chi connectivity index (χ3v) is 1.14. The molecule has 0 saturated carbocycles. The summed E-state index contributed by atoms with van der Waals surface area (Å²) >= 11 is 0. The molecule has 0 spiro atoms. The van der Waals surface area contributed by atoms with Crippen molar-refractivity contribution in [3.63, 3.8) is 0 Å². The van der Waals surface area contributed by atoms with Gasteiger partial charge in [0.1, 0.15) is 5.83 Å². The Labute approximate surface area is 52.8 Å². The second-order valence-corrected chi connectivity index (χ2v) is 1.91. The van der Waals surface area contributed by atoms with Gasteiger partial charge in [0.2, 0.25) is 0 Å². The first-order valence-electron chi connectivity index (χ1n) is 2.62. The van der Waals surface area contributed by atoms with Gasteiger partial charge in [0.25, 0.3) is 0 Å². The van der Waals surface area contributed by atoms with Crippen LogP contribution in [0.1, 0.15) is 0 Å². The third kappa shape index (κ3) is 1.27. The Balaban J connectivity index is 2.82. The highest BCUT2D eigenvalue weighted by molar-refractivity contribution is 5.35. The summed E-state index contributed by atoms with van der Waals surface area (Å²) in [5.41, 5.74) is 0.398. The van der Waals surface area contributed by atoms with E-state index in [1.807, 2.05) is 0 Å². The molecular weight excluding hydrogens is 119 g/mol. The van der Waals surface area contributed by atoms with Gasteiger partial charge in [-0.05, 0) is 23.8 Å². The molecule has 9 heavy (non-hydrogen) atoms. The minimum Gasteiger partial charge on any atom is -0.384 e. The van der Waals surface area contributed by atoms with Gasteiger partial charge in [-0.15, -0.1) is 0 Å². The van der Waals surface area contributed by atoms with Gasteiger partial charge in [0.05, 0.1) is 6.10 Å². The molecule has 0 aromatic rings. The maximum Gasteiger partial charge on any atom is 0.123 e. The first-order valence-corrected chi connectivity index (χ1v) is 2.62. The van der Waals surface area contributed by atoms with Crippen LogP contribution in [0.4, 0.5) is 4.39 Å². The van der Waals surface area contributed by atoms with E-state index >= 15 is 0 Å². The van der Waals surface area contributed by atoms with Crippen LogP contribution < -0.4 is 0 Å². The fraction of sp³-hybridized carbons (Fsp3) is 0.143. The lowest BCUT2D eigenvalue weighted by Gasteiger charge is -2.08. The molecule has 48 valence electrons. The number of halogens is 1. The minimum atomic E-state index is -0.704. The van der Waals surface area contributed by atoms with Crippen molar-refractivity contribution in [2.24, 2.45) is 0 Å². The lowest BCUT2D eigenvalue weighted by molar-refractivity contribution is 0.261. The zero-order valence-electron chi connectivity index (χ0n) is 4.84. The average Bonchev–Trinajstić information content (AvgIpc) is 1.80. The molecular formula is C7H7FO. The highest BCUT2D eigenvalue weighted by atomic mass is 19.1. The van der Waals surface area contributed by atoms with Gasteiger partial charge in [-0.3, -0.25) is 0 Å². The Kier molecular flexibility index (Phi) is 1.49. The van der Waals surface area contributed by atoms with Crippen molar-refractivity contribution in [3.05, 3.63) is 36.2 Å². The normalized spacial score (nSPS) is 26.2. The highest BCUT2D eigenvalue weighted by Gasteiger charge is 2.07. The van der Waals surface area contributed by atoms with E-state index in [1.165, 1.54) is 18.2 Å². The van der Waals surface area contributed by atoms with E-state index in [9.17, 15) is 4.39 Å². The molecule has 0 saturated heterocycles. The average molecular weight is 126 g/mol. The largest absolute Gasteiger partial charge is 0.384 e. The number of rotatable bonds is 0. The number of hydrogen-bond donors (Lipinski definition) is 1. The standard InChI is InChI=1S/C7H7FO/c1-5-4-6(8)2-3-7(5)9/h2-4,7,9H,1H2. The topological polar surface area (TPSA) is 20.2 Å². The maximum absolute atomic E-state index is 12.2.